The highest BCUT2D eigenvalue weighted by atomic mass is 35.5. The molecule has 1 nitrogen and oxygen atoms in total. The fraction of sp³-hybridized carbons (Fsp3) is 0.571. The molecule has 2 rings (SSSR count). The van der Waals surface area contributed by atoms with Crippen molar-refractivity contribution >= 4 is 11.6 Å². The summed E-state index contributed by atoms with van der Waals surface area (Å²) in [6.45, 7) is 3.11. The Balaban J connectivity index is 2.06. The zero-order chi connectivity index (χ0) is 12.3. The Morgan fingerprint density at radius 1 is 1.41 bits per heavy atom. The number of hydrogen-bond acceptors (Lipinski definition) is 1. The van der Waals surface area contributed by atoms with Crippen molar-refractivity contribution in [3.05, 3.63) is 34.6 Å². The quantitative estimate of drug-likeness (QED) is 0.863. The first-order chi connectivity index (χ1) is 8.20. The van der Waals surface area contributed by atoms with Gasteiger partial charge < -0.3 is 5.32 Å². The molecule has 94 valence electrons. The van der Waals surface area contributed by atoms with Crippen molar-refractivity contribution < 1.29 is 4.39 Å². The first kappa shape index (κ1) is 12.8. The average Bonchev–Trinajstić information content (AvgIpc) is 2.72. The second kappa shape index (κ2) is 5.83. The van der Waals surface area contributed by atoms with Crippen LogP contribution in [0.5, 0.6) is 0 Å². The molecule has 0 aliphatic heterocycles. The highest BCUT2D eigenvalue weighted by Crippen LogP contribution is 2.30. The second-order valence-corrected chi connectivity index (χ2v) is 5.23. The monoisotopic (exact) mass is 255 g/mol. The number of benzene rings is 1. The van der Waals surface area contributed by atoms with Gasteiger partial charge in [-0.05, 0) is 55.5 Å². The molecule has 0 heterocycles. The summed E-state index contributed by atoms with van der Waals surface area (Å²) in [7, 11) is 0. The lowest BCUT2D eigenvalue weighted by molar-refractivity contribution is 0.401. The van der Waals surface area contributed by atoms with Gasteiger partial charge in [-0.2, -0.15) is 0 Å². The van der Waals surface area contributed by atoms with Crippen molar-refractivity contribution in [3.63, 3.8) is 0 Å². The third kappa shape index (κ3) is 3.20. The van der Waals surface area contributed by atoms with Gasteiger partial charge in [0.15, 0.2) is 0 Å². The van der Waals surface area contributed by atoms with Crippen LogP contribution in [0.25, 0.3) is 0 Å². The first-order valence-electron chi connectivity index (χ1n) is 6.38. The average molecular weight is 256 g/mol. The van der Waals surface area contributed by atoms with Gasteiger partial charge in [0.05, 0.1) is 0 Å². The molecule has 17 heavy (non-hydrogen) atoms. The topological polar surface area (TPSA) is 12.0 Å². The molecule has 1 saturated carbocycles. The summed E-state index contributed by atoms with van der Waals surface area (Å²) in [6.07, 6.45) is 4.43. The van der Waals surface area contributed by atoms with Crippen LogP contribution in [0, 0.1) is 11.7 Å². The largest absolute Gasteiger partial charge is 0.314 e. The lowest BCUT2D eigenvalue weighted by Gasteiger charge is -2.20. The van der Waals surface area contributed by atoms with Crippen LogP contribution < -0.4 is 5.32 Å². The molecular weight excluding hydrogens is 237 g/mol. The third-order valence-corrected chi connectivity index (χ3v) is 3.85. The maximum atomic E-state index is 13.7. The molecule has 1 N–H and O–H groups in total. The Morgan fingerprint density at radius 2 is 2.24 bits per heavy atom. The fourth-order valence-corrected chi connectivity index (χ4v) is 2.99. The van der Waals surface area contributed by atoms with E-state index in [1.54, 1.807) is 12.1 Å². The molecule has 1 fully saturated rings. The fourth-order valence-electron chi connectivity index (χ4n) is 2.79. The SMILES string of the molecule is CCNC1CCCC1Cc1cc(Cl)ccc1F. The molecule has 3 heteroatoms. The lowest BCUT2D eigenvalue weighted by Crippen LogP contribution is -2.33. The van der Waals surface area contributed by atoms with Crippen LogP contribution in [0.15, 0.2) is 18.2 Å². The Hall–Kier alpha value is -0.600. The zero-order valence-electron chi connectivity index (χ0n) is 10.2. The minimum Gasteiger partial charge on any atom is -0.314 e. The predicted molar refractivity (Wildman–Crippen MR) is 69.9 cm³/mol. The van der Waals surface area contributed by atoms with Crippen molar-refractivity contribution in [3.8, 4) is 0 Å². The Kier molecular flexibility index (Phi) is 4.41. The summed E-state index contributed by atoms with van der Waals surface area (Å²) in [6, 6.07) is 5.38. The standard InChI is InChI=1S/C14H19ClFN/c1-2-17-14-5-3-4-10(14)8-11-9-12(15)6-7-13(11)16/h6-7,9-10,14,17H,2-5,8H2,1H3. The molecular formula is C14H19ClFN. The van der Waals surface area contributed by atoms with Crippen molar-refractivity contribution in [1.29, 1.82) is 0 Å². The van der Waals surface area contributed by atoms with Crippen LogP contribution in [0.1, 0.15) is 31.7 Å². The van der Waals surface area contributed by atoms with Crippen LogP contribution in [0.2, 0.25) is 5.02 Å². The van der Waals surface area contributed by atoms with E-state index in [1.807, 2.05) is 0 Å². The molecule has 0 radical (unpaired) electrons. The maximum Gasteiger partial charge on any atom is 0.126 e. The van der Waals surface area contributed by atoms with E-state index in [-0.39, 0.29) is 5.82 Å². The summed E-state index contributed by atoms with van der Waals surface area (Å²) in [5.41, 5.74) is 0.757. The Labute approximate surface area is 107 Å². The molecule has 1 aromatic carbocycles. The predicted octanol–water partition coefficient (Wildman–Crippen LogP) is 3.80. The van der Waals surface area contributed by atoms with Gasteiger partial charge in [-0.1, -0.05) is 24.9 Å². The molecule has 2 unspecified atom stereocenters. The summed E-state index contributed by atoms with van der Waals surface area (Å²) >= 11 is 5.92. The van der Waals surface area contributed by atoms with Crippen molar-refractivity contribution in [2.75, 3.05) is 6.54 Å². The Bertz CT molecular complexity index is 380. The van der Waals surface area contributed by atoms with E-state index in [1.165, 1.54) is 25.3 Å². The minimum absolute atomic E-state index is 0.128. The second-order valence-electron chi connectivity index (χ2n) is 4.80. The van der Waals surface area contributed by atoms with Gasteiger partial charge in [-0.3, -0.25) is 0 Å². The van der Waals surface area contributed by atoms with E-state index in [0.29, 0.717) is 17.0 Å². The highest BCUT2D eigenvalue weighted by Gasteiger charge is 2.27. The van der Waals surface area contributed by atoms with Crippen LogP contribution >= 0.6 is 11.6 Å². The number of nitrogens with one attached hydrogen (secondary N) is 1. The molecule has 0 amide bonds. The molecule has 0 aromatic heterocycles. The van der Waals surface area contributed by atoms with Crippen LogP contribution in [-0.2, 0) is 6.42 Å². The molecule has 0 bridgehead atoms. The van der Waals surface area contributed by atoms with E-state index in [9.17, 15) is 4.39 Å². The minimum atomic E-state index is -0.128. The first-order valence-corrected chi connectivity index (χ1v) is 6.75. The lowest BCUT2D eigenvalue weighted by atomic mass is 9.94. The van der Waals surface area contributed by atoms with Gasteiger partial charge >= 0.3 is 0 Å². The van der Waals surface area contributed by atoms with Gasteiger partial charge in [0, 0.05) is 11.1 Å². The molecule has 1 aliphatic carbocycles. The van der Waals surface area contributed by atoms with Gasteiger partial charge in [-0.25, -0.2) is 4.39 Å². The molecule has 1 aromatic rings. The van der Waals surface area contributed by atoms with E-state index >= 15 is 0 Å². The number of hydrogen-bond donors (Lipinski definition) is 1. The summed E-state index contributed by atoms with van der Waals surface area (Å²) in [5.74, 6) is 0.416. The molecule has 0 saturated heterocycles. The van der Waals surface area contributed by atoms with Gasteiger partial charge in [0.2, 0.25) is 0 Å². The van der Waals surface area contributed by atoms with Crippen LogP contribution in [-0.4, -0.2) is 12.6 Å². The van der Waals surface area contributed by atoms with E-state index in [0.717, 1.165) is 18.5 Å². The van der Waals surface area contributed by atoms with Gasteiger partial charge in [0.1, 0.15) is 5.82 Å². The van der Waals surface area contributed by atoms with Crippen molar-refractivity contribution in [2.24, 2.45) is 5.92 Å². The van der Waals surface area contributed by atoms with E-state index in [4.69, 9.17) is 11.6 Å². The Morgan fingerprint density at radius 3 is 3.00 bits per heavy atom. The summed E-state index contributed by atoms with van der Waals surface area (Å²) in [5, 5.41) is 4.12. The molecule has 1 aliphatic rings. The highest BCUT2D eigenvalue weighted by molar-refractivity contribution is 6.30. The smallest absolute Gasteiger partial charge is 0.126 e. The maximum absolute atomic E-state index is 13.7. The zero-order valence-corrected chi connectivity index (χ0v) is 10.9. The van der Waals surface area contributed by atoms with Crippen LogP contribution in [0.3, 0.4) is 0 Å². The summed E-state index contributed by atoms with van der Waals surface area (Å²) < 4.78 is 13.7. The van der Waals surface area contributed by atoms with Gasteiger partial charge in [0.25, 0.3) is 0 Å². The van der Waals surface area contributed by atoms with Crippen molar-refractivity contribution in [1.82, 2.24) is 5.32 Å². The van der Waals surface area contributed by atoms with E-state index < -0.39 is 0 Å². The number of rotatable bonds is 4. The van der Waals surface area contributed by atoms with Crippen LogP contribution in [0.4, 0.5) is 4.39 Å². The normalized spacial score (nSPS) is 24.2. The molecule has 2 atom stereocenters. The van der Waals surface area contributed by atoms with Crippen molar-refractivity contribution in [2.45, 2.75) is 38.6 Å². The van der Waals surface area contributed by atoms with Gasteiger partial charge in [-0.15, -0.1) is 0 Å². The molecule has 0 spiro atoms. The number of halogens is 2. The van der Waals surface area contributed by atoms with E-state index in [2.05, 4.69) is 12.2 Å². The summed E-state index contributed by atoms with van der Waals surface area (Å²) in [4.78, 5) is 0. The third-order valence-electron chi connectivity index (χ3n) is 3.62.